The average molecular weight is 730 g/mol. The van der Waals surface area contributed by atoms with Crippen LogP contribution in [0.25, 0.3) is 85.9 Å². The summed E-state index contributed by atoms with van der Waals surface area (Å²) in [7, 11) is 0. The van der Waals surface area contributed by atoms with Gasteiger partial charge in [0, 0.05) is 26.8 Å². The molecule has 1 aromatic heterocycles. The first-order valence-electron chi connectivity index (χ1n) is 19.2. The lowest BCUT2D eigenvalue weighted by Gasteiger charge is -2.27. The summed E-state index contributed by atoms with van der Waals surface area (Å²) in [5, 5.41) is 10.3. The van der Waals surface area contributed by atoms with Gasteiger partial charge < -0.3 is 4.90 Å². The Labute approximate surface area is 330 Å². The summed E-state index contributed by atoms with van der Waals surface area (Å²) < 4.78 is 2.56. The summed E-state index contributed by atoms with van der Waals surface area (Å²) in [6.45, 7) is 0. The Bertz CT molecular complexity index is 3100. The van der Waals surface area contributed by atoms with Gasteiger partial charge in [0.25, 0.3) is 0 Å². The van der Waals surface area contributed by atoms with Crippen LogP contribution >= 0.6 is 11.3 Å². The number of rotatable bonds is 6. The Balaban J connectivity index is 1.15. The molecule has 262 valence electrons. The van der Waals surface area contributed by atoms with E-state index in [1.165, 1.54) is 91.6 Å². The summed E-state index contributed by atoms with van der Waals surface area (Å²) in [5.41, 5.74) is 10.6. The van der Waals surface area contributed by atoms with Gasteiger partial charge in [0.15, 0.2) is 0 Å². The van der Waals surface area contributed by atoms with Crippen LogP contribution < -0.4 is 4.90 Å². The van der Waals surface area contributed by atoms with Crippen LogP contribution in [0.2, 0.25) is 0 Å². The molecule has 11 aromatic rings. The zero-order chi connectivity index (χ0) is 37.0. The van der Waals surface area contributed by atoms with Gasteiger partial charge in [0.1, 0.15) is 0 Å². The van der Waals surface area contributed by atoms with Gasteiger partial charge in [0.2, 0.25) is 0 Å². The zero-order valence-corrected chi connectivity index (χ0v) is 31.4. The van der Waals surface area contributed by atoms with E-state index in [1.807, 2.05) is 11.3 Å². The Morgan fingerprint density at radius 1 is 0.268 bits per heavy atom. The lowest BCUT2D eigenvalue weighted by Crippen LogP contribution is -2.10. The van der Waals surface area contributed by atoms with Gasteiger partial charge in [0.05, 0.1) is 10.4 Å². The van der Waals surface area contributed by atoms with Crippen molar-refractivity contribution in [2.24, 2.45) is 0 Å². The number of hydrogen-bond acceptors (Lipinski definition) is 2. The minimum Gasteiger partial charge on any atom is -0.309 e. The molecule has 1 heterocycles. The third-order valence-corrected chi connectivity index (χ3v) is 12.5. The molecule has 0 atom stereocenters. The molecule has 0 aliphatic heterocycles. The number of nitrogens with zero attached hydrogens (tertiary/aromatic N) is 1. The smallest absolute Gasteiger partial charge is 0.0646 e. The largest absolute Gasteiger partial charge is 0.309 e. The molecular formula is C54H35NS. The number of fused-ring (bicyclic) bond motifs is 9. The van der Waals surface area contributed by atoms with Crippen molar-refractivity contribution < 1.29 is 0 Å². The summed E-state index contributed by atoms with van der Waals surface area (Å²) in [6, 6.07) is 77.7. The van der Waals surface area contributed by atoms with Crippen molar-refractivity contribution in [3.8, 4) is 33.4 Å². The topological polar surface area (TPSA) is 3.24 Å². The van der Waals surface area contributed by atoms with Gasteiger partial charge >= 0.3 is 0 Å². The lowest BCUT2D eigenvalue weighted by atomic mass is 9.91. The molecule has 0 unspecified atom stereocenters. The molecule has 10 aromatic carbocycles. The summed E-state index contributed by atoms with van der Waals surface area (Å²) in [4.78, 5) is 2.45. The first-order valence-corrected chi connectivity index (χ1v) is 20.0. The highest BCUT2D eigenvalue weighted by Crippen LogP contribution is 2.48. The van der Waals surface area contributed by atoms with E-state index in [2.05, 4.69) is 217 Å². The quantitative estimate of drug-likeness (QED) is 0.154. The lowest BCUT2D eigenvalue weighted by molar-refractivity contribution is 1.30. The molecule has 11 rings (SSSR count). The average Bonchev–Trinajstić information content (AvgIpc) is 3.66. The third kappa shape index (κ3) is 5.46. The minimum atomic E-state index is 1.11. The van der Waals surface area contributed by atoms with Gasteiger partial charge in [-0.2, -0.15) is 0 Å². The number of hydrogen-bond donors (Lipinski definition) is 0. The van der Waals surface area contributed by atoms with Gasteiger partial charge in [-0.3, -0.25) is 0 Å². The standard InChI is InChI=1S/C54H35NS/c1-3-13-36(14-4-1)38-23-28-42(29-24-38)55(43-30-25-39(26-31-43)37-15-5-2-6-16-37)52-35-41(34-51-49-21-11-12-22-53(49)56-54(51)52)40-27-32-48-46-19-8-7-17-44(46)45-18-9-10-20-47(45)50(48)33-40/h1-35H. The molecule has 1 nitrogen and oxygen atoms in total. The Hall–Kier alpha value is -7.00. The van der Waals surface area contributed by atoms with E-state index >= 15 is 0 Å². The van der Waals surface area contributed by atoms with Gasteiger partial charge in [-0.15, -0.1) is 11.3 Å². The van der Waals surface area contributed by atoms with Crippen molar-refractivity contribution >= 4 is 80.9 Å². The van der Waals surface area contributed by atoms with Crippen LogP contribution in [0.15, 0.2) is 212 Å². The maximum absolute atomic E-state index is 2.45. The fourth-order valence-corrected chi connectivity index (χ4v) is 9.71. The highest BCUT2D eigenvalue weighted by molar-refractivity contribution is 7.26. The van der Waals surface area contributed by atoms with Crippen LogP contribution in [-0.2, 0) is 0 Å². The van der Waals surface area contributed by atoms with E-state index < -0.39 is 0 Å². The maximum Gasteiger partial charge on any atom is 0.0646 e. The fraction of sp³-hybridized carbons (Fsp3) is 0. The zero-order valence-electron chi connectivity index (χ0n) is 30.6. The number of benzene rings is 10. The second kappa shape index (κ2) is 13.4. The minimum absolute atomic E-state index is 1.11. The van der Waals surface area contributed by atoms with Crippen LogP contribution in [0.5, 0.6) is 0 Å². The molecule has 0 saturated heterocycles. The van der Waals surface area contributed by atoms with Gasteiger partial charge in [-0.05, 0) is 114 Å². The van der Waals surface area contributed by atoms with Crippen molar-refractivity contribution in [1.29, 1.82) is 0 Å². The first-order chi connectivity index (χ1) is 27.8. The summed E-state index contributed by atoms with van der Waals surface area (Å²) in [6.07, 6.45) is 0. The van der Waals surface area contributed by atoms with Crippen molar-refractivity contribution in [3.05, 3.63) is 212 Å². The highest BCUT2D eigenvalue weighted by Gasteiger charge is 2.21. The second-order valence-electron chi connectivity index (χ2n) is 14.5. The molecule has 0 amide bonds. The molecular weight excluding hydrogens is 695 g/mol. The van der Waals surface area contributed by atoms with E-state index in [1.54, 1.807) is 0 Å². The van der Waals surface area contributed by atoms with Crippen LogP contribution in [-0.4, -0.2) is 0 Å². The van der Waals surface area contributed by atoms with E-state index in [-0.39, 0.29) is 0 Å². The van der Waals surface area contributed by atoms with E-state index in [4.69, 9.17) is 0 Å². The van der Waals surface area contributed by atoms with Crippen molar-refractivity contribution in [2.75, 3.05) is 4.90 Å². The monoisotopic (exact) mass is 729 g/mol. The third-order valence-electron chi connectivity index (χ3n) is 11.2. The summed E-state index contributed by atoms with van der Waals surface area (Å²) >= 11 is 1.87. The predicted molar refractivity (Wildman–Crippen MR) is 243 cm³/mol. The fourth-order valence-electron chi connectivity index (χ4n) is 8.52. The first kappa shape index (κ1) is 32.4. The van der Waals surface area contributed by atoms with Crippen molar-refractivity contribution in [3.63, 3.8) is 0 Å². The molecule has 0 fully saturated rings. The van der Waals surface area contributed by atoms with Crippen LogP contribution in [0.1, 0.15) is 0 Å². The molecule has 0 radical (unpaired) electrons. The Kier molecular flexibility index (Phi) is 7.75. The van der Waals surface area contributed by atoms with Crippen molar-refractivity contribution in [1.82, 2.24) is 0 Å². The molecule has 0 aliphatic rings. The van der Waals surface area contributed by atoms with Crippen LogP contribution in [0.4, 0.5) is 17.1 Å². The van der Waals surface area contributed by atoms with Crippen LogP contribution in [0.3, 0.4) is 0 Å². The van der Waals surface area contributed by atoms with Gasteiger partial charge in [-0.25, -0.2) is 0 Å². The SMILES string of the molecule is c1ccc(-c2ccc(N(c3ccc(-c4ccccc4)cc3)c3cc(-c4ccc5c6ccccc6c6ccccc6c5c4)cc4c3sc3ccccc34)cc2)cc1. The molecule has 2 heteroatoms. The molecule has 0 saturated carbocycles. The Morgan fingerprint density at radius 2 is 0.679 bits per heavy atom. The normalized spacial score (nSPS) is 11.6. The van der Waals surface area contributed by atoms with E-state index in [9.17, 15) is 0 Å². The maximum atomic E-state index is 2.45. The molecule has 0 bridgehead atoms. The highest BCUT2D eigenvalue weighted by atomic mass is 32.1. The van der Waals surface area contributed by atoms with Gasteiger partial charge in [-0.1, -0.05) is 164 Å². The molecule has 0 N–H and O–H groups in total. The molecule has 0 spiro atoms. The van der Waals surface area contributed by atoms with Crippen molar-refractivity contribution in [2.45, 2.75) is 0 Å². The van der Waals surface area contributed by atoms with E-state index in [0.29, 0.717) is 0 Å². The number of thiophene rings is 1. The molecule has 0 aliphatic carbocycles. The second-order valence-corrected chi connectivity index (χ2v) is 15.5. The Morgan fingerprint density at radius 3 is 1.23 bits per heavy atom. The summed E-state index contributed by atoms with van der Waals surface area (Å²) in [5.74, 6) is 0. The molecule has 56 heavy (non-hydrogen) atoms. The predicted octanol–water partition coefficient (Wildman–Crippen LogP) is 16.0. The van der Waals surface area contributed by atoms with E-state index in [0.717, 1.165) is 11.4 Å². The van der Waals surface area contributed by atoms with Crippen LogP contribution in [0, 0.1) is 0 Å². The number of anilines is 3.